The fraction of sp³-hybridized carbons (Fsp3) is 0.250. The van der Waals surface area contributed by atoms with Gasteiger partial charge in [0.05, 0.1) is 0 Å². The van der Waals surface area contributed by atoms with Crippen LogP contribution >= 0.6 is 0 Å². The summed E-state index contributed by atoms with van der Waals surface area (Å²) in [6, 6.07) is 0. The van der Waals surface area contributed by atoms with Crippen molar-refractivity contribution < 1.29 is 0 Å². The molecule has 0 aliphatic heterocycles. The van der Waals surface area contributed by atoms with Gasteiger partial charge >= 0.3 is 0 Å². The standard InChI is InChI=1S/C8H6B4/c1-3-5(9)7(11)4(2)8(12)6(3)10/h1-2H3. The third-order valence-electron chi connectivity index (χ3n) is 2.20. The molecule has 1 aromatic carbocycles. The maximum atomic E-state index is 5.69. The molecule has 8 radical (unpaired) electrons. The second-order valence-electron chi connectivity index (χ2n) is 2.90. The van der Waals surface area contributed by atoms with Crippen LogP contribution in [0.25, 0.3) is 0 Å². The van der Waals surface area contributed by atoms with Gasteiger partial charge in [0.25, 0.3) is 0 Å². The van der Waals surface area contributed by atoms with E-state index >= 15 is 0 Å². The number of hydrogen-bond donors (Lipinski definition) is 0. The van der Waals surface area contributed by atoms with Crippen molar-refractivity contribution in [1.29, 1.82) is 0 Å². The lowest BCUT2D eigenvalue weighted by Gasteiger charge is -2.17. The van der Waals surface area contributed by atoms with E-state index in [2.05, 4.69) is 0 Å². The third-order valence-corrected chi connectivity index (χ3v) is 2.20. The first kappa shape index (κ1) is 9.57. The summed E-state index contributed by atoms with van der Waals surface area (Å²) < 4.78 is 0. The molecule has 0 saturated heterocycles. The smallest absolute Gasteiger partial charge is 0.101 e. The molecule has 0 nitrogen and oxygen atoms in total. The summed E-state index contributed by atoms with van der Waals surface area (Å²) in [5.41, 5.74) is 3.63. The molecule has 1 aromatic rings. The van der Waals surface area contributed by atoms with Gasteiger partial charge in [-0.15, -0.1) is 21.9 Å². The van der Waals surface area contributed by atoms with Crippen LogP contribution < -0.4 is 21.9 Å². The minimum absolute atomic E-state index is 0.527. The number of hydrogen-bond acceptors (Lipinski definition) is 0. The Balaban J connectivity index is 3.60. The largest absolute Gasteiger partial charge is 0.113 e. The fourth-order valence-electron chi connectivity index (χ4n) is 1.10. The molecule has 0 aliphatic rings. The maximum Gasteiger partial charge on any atom is 0.113 e. The quantitative estimate of drug-likeness (QED) is 0.354. The first-order valence-electron chi connectivity index (χ1n) is 3.65. The zero-order valence-corrected chi connectivity index (χ0v) is 7.31. The minimum atomic E-state index is 0.527. The molecule has 1 rings (SSSR count). The third kappa shape index (κ3) is 1.24. The van der Waals surface area contributed by atoms with Gasteiger partial charge in [-0.3, -0.25) is 0 Å². The van der Waals surface area contributed by atoms with Gasteiger partial charge in [-0.1, -0.05) is 11.1 Å². The Morgan fingerprint density at radius 1 is 0.583 bits per heavy atom. The van der Waals surface area contributed by atoms with Crippen molar-refractivity contribution in [3.63, 3.8) is 0 Å². The van der Waals surface area contributed by atoms with Gasteiger partial charge in [-0.25, -0.2) is 0 Å². The van der Waals surface area contributed by atoms with E-state index in [1.54, 1.807) is 13.8 Å². The zero-order valence-electron chi connectivity index (χ0n) is 7.31. The Hall–Kier alpha value is -0.520. The summed E-state index contributed by atoms with van der Waals surface area (Å²) >= 11 is 0. The highest BCUT2D eigenvalue weighted by Crippen LogP contribution is 1.87. The SMILES string of the molecule is [B]c1c([B])c(C)c([B])c([B])c1C. The Morgan fingerprint density at radius 2 is 0.750 bits per heavy atom. The fourth-order valence-corrected chi connectivity index (χ4v) is 1.10. The highest BCUT2D eigenvalue weighted by molar-refractivity contribution is 6.57. The van der Waals surface area contributed by atoms with Crippen LogP contribution in [0, 0.1) is 13.8 Å². The second kappa shape index (κ2) is 3.08. The Bertz CT molecular complexity index is 225. The molecule has 4 heteroatoms. The van der Waals surface area contributed by atoms with Crippen molar-refractivity contribution in [3.8, 4) is 0 Å². The molecule has 50 valence electrons. The summed E-state index contributed by atoms with van der Waals surface area (Å²) in [7, 11) is 22.8. The van der Waals surface area contributed by atoms with Gasteiger partial charge in [0.15, 0.2) is 0 Å². The Labute approximate surface area is 78.8 Å². The zero-order chi connectivity index (χ0) is 9.46. The van der Waals surface area contributed by atoms with Gasteiger partial charge in [-0.2, -0.15) is 0 Å². The summed E-state index contributed by atoms with van der Waals surface area (Å²) in [5, 5.41) is 0. The predicted octanol–water partition coefficient (Wildman–Crippen LogP) is -2.52. The van der Waals surface area contributed by atoms with Crippen LogP contribution in [0.2, 0.25) is 0 Å². The molecule has 0 fully saturated rings. The molecule has 0 amide bonds. The average Bonchev–Trinajstić information content (AvgIpc) is 2.08. The minimum Gasteiger partial charge on any atom is -0.101 e. The first-order chi connectivity index (χ1) is 5.46. The van der Waals surface area contributed by atoms with Crippen molar-refractivity contribution in [3.05, 3.63) is 11.1 Å². The van der Waals surface area contributed by atoms with Gasteiger partial charge < -0.3 is 0 Å². The van der Waals surface area contributed by atoms with E-state index < -0.39 is 0 Å². The lowest BCUT2D eigenvalue weighted by molar-refractivity contribution is 1.53. The molecule has 0 saturated carbocycles. The van der Waals surface area contributed by atoms with Crippen LogP contribution in [0.4, 0.5) is 0 Å². The van der Waals surface area contributed by atoms with Crippen LogP contribution in [0.5, 0.6) is 0 Å². The van der Waals surface area contributed by atoms with Crippen molar-refractivity contribution >= 4 is 53.2 Å². The lowest BCUT2D eigenvalue weighted by Crippen LogP contribution is -2.45. The highest BCUT2D eigenvalue weighted by Gasteiger charge is 2.06. The van der Waals surface area contributed by atoms with Gasteiger partial charge in [-0.05, 0) is 13.8 Å². The Morgan fingerprint density at radius 3 is 0.917 bits per heavy atom. The molecular formula is C8H6B4. The highest BCUT2D eigenvalue weighted by atomic mass is 14.0. The van der Waals surface area contributed by atoms with Crippen molar-refractivity contribution in [2.45, 2.75) is 13.8 Å². The maximum absolute atomic E-state index is 5.69. The molecule has 12 heavy (non-hydrogen) atoms. The van der Waals surface area contributed by atoms with Crippen LogP contribution in [-0.2, 0) is 0 Å². The van der Waals surface area contributed by atoms with E-state index in [0.717, 1.165) is 11.1 Å². The molecule has 0 heterocycles. The predicted molar refractivity (Wildman–Crippen MR) is 57.5 cm³/mol. The Kier molecular flexibility index (Phi) is 2.46. The second-order valence-corrected chi connectivity index (χ2v) is 2.90. The van der Waals surface area contributed by atoms with Gasteiger partial charge in [0.2, 0.25) is 0 Å². The van der Waals surface area contributed by atoms with Crippen LogP contribution in [0.15, 0.2) is 0 Å². The van der Waals surface area contributed by atoms with Crippen LogP contribution in [0.3, 0.4) is 0 Å². The van der Waals surface area contributed by atoms with Crippen LogP contribution in [0.1, 0.15) is 11.1 Å². The molecular weight excluding hydrogens is 139 g/mol. The monoisotopic (exact) mass is 146 g/mol. The van der Waals surface area contributed by atoms with E-state index in [9.17, 15) is 0 Å². The number of benzene rings is 1. The van der Waals surface area contributed by atoms with E-state index in [1.165, 1.54) is 0 Å². The molecule has 0 unspecified atom stereocenters. The topological polar surface area (TPSA) is 0 Å². The molecule has 0 atom stereocenters. The summed E-state index contributed by atoms with van der Waals surface area (Å²) in [6.07, 6.45) is 0. The van der Waals surface area contributed by atoms with Crippen LogP contribution in [-0.4, -0.2) is 31.4 Å². The average molecular weight is 145 g/mol. The van der Waals surface area contributed by atoms with E-state index in [-0.39, 0.29) is 0 Å². The summed E-state index contributed by atoms with van der Waals surface area (Å²) in [5.74, 6) is 0. The van der Waals surface area contributed by atoms with Crippen molar-refractivity contribution in [2.75, 3.05) is 0 Å². The molecule has 0 aliphatic carbocycles. The van der Waals surface area contributed by atoms with Crippen molar-refractivity contribution in [2.24, 2.45) is 0 Å². The van der Waals surface area contributed by atoms with Crippen molar-refractivity contribution in [1.82, 2.24) is 0 Å². The molecule has 0 aromatic heterocycles. The van der Waals surface area contributed by atoms with Gasteiger partial charge in [0.1, 0.15) is 31.4 Å². The first-order valence-corrected chi connectivity index (χ1v) is 3.65. The van der Waals surface area contributed by atoms with E-state index in [1.807, 2.05) is 0 Å². The van der Waals surface area contributed by atoms with E-state index in [4.69, 9.17) is 31.4 Å². The summed E-state index contributed by atoms with van der Waals surface area (Å²) in [4.78, 5) is 0. The number of rotatable bonds is 0. The van der Waals surface area contributed by atoms with E-state index in [0.29, 0.717) is 21.9 Å². The molecule has 0 spiro atoms. The normalized spacial score (nSPS) is 10.2. The van der Waals surface area contributed by atoms with Gasteiger partial charge in [0, 0.05) is 0 Å². The molecule has 0 N–H and O–H groups in total. The molecule has 0 bridgehead atoms. The lowest BCUT2D eigenvalue weighted by atomic mass is 9.65. The summed E-state index contributed by atoms with van der Waals surface area (Å²) in [6.45, 7) is 3.60.